The predicted molar refractivity (Wildman–Crippen MR) is 87.5 cm³/mol. The molecule has 1 aromatic heterocycles. The van der Waals surface area contributed by atoms with Crippen molar-refractivity contribution < 1.29 is 17.9 Å². The van der Waals surface area contributed by atoms with Crippen LogP contribution in [0.15, 0.2) is 50.9 Å². The molecular formula is C16H14FN3O3S. The molecule has 8 heteroatoms. The highest BCUT2D eigenvalue weighted by atomic mass is 32.2. The average Bonchev–Trinajstić information content (AvgIpc) is 2.82. The zero-order valence-electron chi connectivity index (χ0n) is 12.9. The number of nitrogens with zero attached hydrogens (tertiary/aromatic N) is 2. The summed E-state index contributed by atoms with van der Waals surface area (Å²) in [6, 6.07) is 8.74. The maximum atomic E-state index is 13.2. The van der Waals surface area contributed by atoms with Crippen molar-refractivity contribution in [3.63, 3.8) is 0 Å². The van der Waals surface area contributed by atoms with Crippen molar-refractivity contribution in [3.8, 4) is 5.88 Å². The Hall–Kier alpha value is -2.74. The fourth-order valence-electron chi connectivity index (χ4n) is 2.37. The van der Waals surface area contributed by atoms with Crippen molar-refractivity contribution in [2.75, 3.05) is 0 Å². The van der Waals surface area contributed by atoms with Gasteiger partial charge in [0.25, 0.3) is 10.0 Å². The van der Waals surface area contributed by atoms with Crippen LogP contribution in [0.1, 0.15) is 11.1 Å². The van der Waals surface area contributed by atoms with Gasteiger partial charge in [-0.1, -0.05) is 16.7 Å². The van der Waals surface area contributed by atoms with Crippen molar-refractivity contribution in [2.24, 2.45) is 9.63 Å². The Labute approximate surface area is 137 Å². The van der Waals surface area contributed by atoms with E-state index in [0.29, 0.717) is 16.5 Å². The molecule has 0 aliphatic carbocycles. The lowest BCUT2D eigenvalue weighted by Crippen LogP contribution is -1.99. The second-order valence-corrected chi connectivity index (χ2v) is 6.99. The third-order valence-electron chi connectivity index (χ3n) is 3.58. The average molecular weight is 347 g/mol. The molecule has 0 fully saturated rings. The maximum Gasteiger partial charge on any atom is 0.300 e. The van der Waals surface area contributed by atoms with E-state index in [4.69, 9.17) is 0 Å². The zero-order chi connectivity index (χ0) is 17.5. The number of hydrogen-bond donors (Lipinski definition) is 2. The molecule has 0 spiro atoms. The maximum absolute atomic E-state index is 13.2. The Balaban J connectivity index is 2.07. The zero-order valence-corrected chi connectivity index (χ0v) is 13.7. The second-order valence-electron chi connectivity index (χ2n) is 5.44. The molecule has 3 aromatic rings. The van der Waals surface area contributed by atoms with Crippen LogP contribution in [0.5, 0.6) is 5.88 Å². The second kappa shape index (κ2) is 5.72. The highest BCUT2D eigenvalue weighted by Gasteiger charge is 2.18. The number of aromatic nitrogens is 1. The van der Waals surface area contributed by atoms with Gasteiger partial charge in [0.2, 0.25) is 5.88 Å². The quantitative estimate of drug-likeness (QED) is 0.698. The van der Waals surface area contributed by atoms with Crippen LogP contribution in [-0.2, 0) is 10.0 Å². The van der Waals surface area contributed by atoms with Gasteiger partial charge in [0.05, 0.1) is 10.4 Å². The van der Waals surface area contributed by atoms with Crippen LogP contribution in [0.25, 0.3) is 10.9 Å². The number of H-pyrrole nitrogens is 1. The lowest BCUT2D eigenvalue weighted by molar-refractivity contribution is 0.459. The highest BCUT2D eigenvalue weighted by molar-refractivity contribution is 7.90. The SMILES string of the molecule is Cc1ccc(C)c(S(=O)(=O)N=Nc2c(O)[nH]c3cc(F)ccc23)c1. The molecule has 3 rings (SSSR count). The largest absolute Gasteiger partial charge is 0.493 e. The Bertz CT molecular complexity index is 1070. The standard InChI is InChI=1S/C16H14FN3O3S/c1-9-3-4-10(2)14(7-9)24(22,23)20-19-15-12-6-5-11(17)8-13(12)18-16(15)21/h3-8,18,21H,1-2H3. The number of fused-ring (bicyclic) bond motifs is 1. The van der Waals surface area contributed by atoms with Gasteiger partial charge in [-0.05, 0) is 49.2 Å². The van der Waals surface area contributed by atoms with Crippen molar-refractivity contribution in [2.45, 2.75) is 18.7 Å². The lowest BCUT2D eigenvalue weighted by Gasteiger charge is -2.03. The minimum atomic E-state index is -4.02. The van der Waals surface area contributed by atoms with Crippen molar-refractivity contribution in [1.29, 1.82) is 0 Å². The third-order valence-corrected chi connectivity index (χ3v) is 4.88. The number of aromatic amines is 1. The molecule has 0 saturated carbocycles. The molecule has 0 radical (unpaired) electrons. The topological polar surface area (TPSA) is 94.9 Å². The van der Waals surface area contributed by atoms with E-state index in [2.05, 4.69) is 14.6 Å². The Morgan fingerprint density at radius 2 is 1.88 bits per heavy atom. The lowest BCUT2D eigenvalue weighted by atomic mass is 10.2. The fraction of sp³-hybridized carbons (Fsp3) is 0.125. The van der Waals surface area contributed by atoms with E-state index < -0.39 is 15.8 Å². The van der Waals surface area contributed by atoms with Crippen molar-refractivity contribution >= 4 is 26.6 Å². The fourth-order valence-corrected chi connectivity index (χ4v) is 3.45. The predicted octanol–water partition coefficient (Wildman–Crippen LogP) is 4.10. The van der Waals surface area contributed by atoms with Crippen LogP contribution >= 0.6 is 0 Å². The Kier molecular flexibility index (Phi) is 3.84. The van der Waals surface area contributed by atoms with E-state index in [-0.39, 0.29) is 16.5 Å². The molecule has 0 unspecified atom stereocenters. The van der Waals surface area contributed by atoms with Crippen LogP contribution < -0.4 is 0 Å². The first-order valence-electron chi connectivity index (χ1n) is 7.03. The van der Waals surface area contributed by atoms with E-state index in [0.717, 1.165) is 5.56 Å². The number of benzene rings is 2. The van der Waals surface area contributed by atoms with E-state index in [9.17, 15) is 17.9 Å². The molecule has 2 N–H and O–H groups in total. The van der Waals surface area contributed by atoms with Crippen LogP contribution in [0.4, 0.5) is 10.1 Å². The van der Waals surface area contributed by atoms with Gasteiger partial charge >= 0.3 is 0 Å². The van der Waals surface area contributed by atoms with Crippen LogP contribution in [0.3, 0.4) is 0 Å². The van der Waals surface area contributed by atoms with Gasteiger partial charge < -0.3 is 10.1 Å². The number of aryl methyl sites for hydroxylation is 2. The van der Waals surface area contributed by atoms with Crippen LogP contribution in [-0.4, -0.2) is 18.5 Å². The molecule has 2 aromatic carbocycles. The van der Waals surface area contributed by atoms with Gasteiger partial charge in [-0.3, -0.25) is 0 Å². The van der Waals surface area contributed by atoms with E-state index in [1.54, 1.807) is 26.0 Å². The first-order valence-corrected chi connectivity index (χ1v) is 8.47. The third kappa shape index (κ3) is 2.88. The summed E-state index contributed by atoms with van der Waals surface area (Å²) < 4.78 is 41.4. The number of halogens is 1. The summed E-state index contributed by atoms with van der Waals surface area (Å²) in [5, 5.41) is 13.9. The number of aromatic hydroxyl groups is 1. The summed E-state index contributed by atoms with van der Waals surface area (Å²) >= 11 is 0. The molecule has 0 saturated heterocycles. The first-order chi connectivity index (χ1) is 11.3. The van der Waals surface area contributed by atoms with Crippen molar-refractivity contribution in [1.82, 2.24) is 4.98 Å². The summed E-state index contributed by atoms with van der Waals surface area (Å²) in [4.78, 5) is 2.58. The molecule has 0 aliphatic heterocycles. The minimum Gasteiger partial charge on any atom is -0.493 e. The van der Waals surface area contributed by atoms with E-state index in [1.165, 1.54) is 24.3 Å². The molecule has 0 atom stereocenters. The molecule has 24 heavy (non-hydrogen) atoms. The van der Waals surface area contributed by atoms with E-state index >= 15 is 0 Å². The first kappa shape index (κ1) is 16.1. The van der Waals surface area contributed by atoms with E-state index in [1.807, 2.05) is 0 Å². The molecule has 0 amide bonds. The highest BCUT2D eigenvalue weighted by Crippen LogP contribution is 2.36. The Morgan fingerprint density at radius 1 is 1.12 bits per heavy atom. The number of sulfonamides is 1. The smallest absolute Gasteiger partial charge is 0.300 e. The normalized spacial score (nSPS) is 12.3. The minimum absolute atomic E-state index is 0.0524. The van der Waals surface area contributed by atoms with Gasteiger partial charge in [-0.2, -0.15) is 8.42 Å². The summed E-state index contributed by atoms with van der Waals surface area (Å²) in [6.45, 7) is 3.43. The molecule has 0 bridgehead atoms. The monoisotopic (exact) mass is 347 g/mol. The van der Waals surface area contributed by atoms with Crippen LogP contribution in [0.2, 0.25) is 0 Å². The number of hydrogen-bond acceptors (Lipinski definition) is 4. The molecule has 1 heterocycles. The van der Waals surface area contributed by atoms with Crippen molar-refractivity contribution in [3.05, 3.63) is 53.3 Å². The van der Waals surface area contributed by atoms with Gasteiger partial charge in [0.15, 0.2) is 5.69 Å². The molecule has 6 nitrogen and oxygen atoms in total. The van der Waals surface area contributed by atoms with Gasteiger partial charge in [-0.25, -0.2) is 4.39 Å². The van der Waals surface area contributed by atoms with Gasteiger partial charge in [0, 0.05) is 5.39 Å². The molecule has 0 aliphatic rings. The molecular weight excluding hydrogens is 333 g/mol. The number of rotatable bonds is 3. The van der Waals surface area contributed by atoms with Gasteiger partial charge in [0.1, 0.15) is 5.82 Å². The summed E-state index contributed by atoms with van der Waals surface area (Å²) in [6.07, 6.45) is 0. The Morgan fingerprint density at radius 3 is 2.62 bits per heavy atom. The summed E-state index contributed by atoms with van der Waals surface area (Å²) in [5.41, 5.74) is 1.56. The van der Waals surface area contributed by atoms with Gasteiger partial charge in [-0.15, -0.1) is 5.11 Å². The summed E-state index contributed by atoms with van der Waals surface area (Å²) in [7, 11) is -4.02. The van der Waals surface area contributed by atoms with Crippen LogP contribution in [0, 0.1) is 19.7 Å². The number of nitrogens with one attached hydrogen (secondary N) is 1. The summed E-state index contributed by atoms with van der Waals surface area (Å²) in [5.74, 6) is -0.870. The molecule has 124 valence electrons.